The van der Waals surface area contributed by atoms with E-state index >= 15 is 0 Å². The number of methoxy groups -OCH3 is 1. The molecule has 0 atom stereocenters. The molecule has 1 N–H and O–H groups in total. The van der Waals surface area contributed by atoms with Gasteiger partial charge in [0.2, 0.25) is 0 Å². The lowest BCUT2D eigenvalue weighted by Gasteiger charge is -2.35. The molecule has 1 saturated carbocycles. The van der Waals surface area contributed by atoms with Gasteiger partial charge in [-0.25, -0.2) is 0 Å². The van der Waals surface area contributed by atoms with Crippen LogP contribution in [0.2, 0.25) is 0 Å². The summed E-state index contributed by atoms with van der Waals surface area (Å²) >= 11 is 3.60. The van der Waals surface area contributed by atoms with Crippen molar-refractivity contribution in [3.05, 3.63) is 15.9 Å². The Morgan fingerprint density at radius 2 is 2.11 bits per heavy atom. The molecular formula is C14H23BrN2O2. The molecule has 2 rings (SSSR count). The standard InChI is InChI=1S/C14H23BrN2O2/c1-4-17-12(13(15)10(2)16-17)9-14(18)7-5-11(19-3)6-8-14/h11,18H,4-9H2,1-3H3. The molecule has 108 valence electrons. The molecular weight excluding hydrogens is 308 g/mol. The summed E-state index contributed by atoms with van der Waals surface area (Å²) in [6.45, 7) is 4.90. The lowest BCUT2D eigenvalue weighted by atomic mass is 9.80. The number of aryl methyl sites for hydroxylation is 2. The number of rotatable bonds is 4. The van der Waals surface area contributed by atoms with Crippen molar-refractivity contribution in [1.82, 2.24) is 9.78 Å². The van der Waals surface area contributed by atoms with Gasteiger partial charge in [0.15, 0.2) is 0 Å². The Morgan fingerprint density at radius 1 is 1.47 bits per heavy atom. The van der Waals surface area contributed by atoms with Crippen molar-refractivity contribution in [3.8, 4) is 0 Å². The lowest BCUT2D eigenvalue weighted by Crippen LogP contribution is -2.39. The Bertz CT molecular complexity index is 437. The molecule has 5 heteroatoms. The molecule has 4 nitrogen and oxygen atoms in total. The highest BCUT2D eigenvalue weighted by molar-refractivity contribution is 9.10. The minimum absolute atomic E-state index is 0.307. The zero-order valence-corrected chi connectivity index (χ0v) is 13.5. The van der Waals surface area contributed by atoms with Crippen LogP contribution in [0.15, 0.2) is 4.47 Å². The highest BCUT2D eigenvalue weighted by Gasteiger charge is 2.35. The minimum Gasteiger partial charge on any atom is -0.389 e. The van der Waals surface area contributed by atoms with E-state index in [0.717, 1.165) is 48.1 Å². The quantitative estimate of drug-likeness (QED) is 0.923. The first-order valence-electron chi connectivity index (χ1n) is 6.96. The van der Waals surface area contributed by atoms with Gasteiger partial charge in [-0.2, -0.15) is 5.10 Å². The van der Waals surface area contributed by atoms with Crippen molar-refractivity contribution in [3.63, 3.8) is 0 Å². The minimum atomic E-state index is -0.614. The first-order valence-corrected chi connectivity index (χ1v) is 7.75. The van der Waals surface area contributed by atoms with Crippen molar-refractivity contribution in [2.45, 2.75) is 64.2 Å². The van der Waals surface area contributed by atoms with Gasteiger partial charge in [-0.3, -0.25) is 4.68 Å². The highest BCUT2D eigenvalue weighted by atomic mass is 79.9. The van der Waals surface area contributed by atoms with Crippen LogP contribution in [0, 0.1) is 6.92 Å². The molecule has 1 heterocycles. The third-order valence-corrected chi connectivity index (χ3v) is 5.18. The van der Waals surface area contributed by atoms with Gasteiger partial charge in [0.25, 0.3) is 0 Å². The van der Waals surface area contributed by atoms with E-state index in [9.17, 15) is 5.11 Å². The molecule has 19 heavy (non-hydrogen) atoms. The average Bonchev–Trinajstić information content (AvgIpc) is 2.67. The van der Waals surface area contributed by atoms with Crippen LogP contribution in [0.5, 0.6) is 0 Å². The molecule has 0 bridgehead atoms. The molecule has 1 aliphatic carbocycles. The average molecular weight is 331 g/mol. The number of hydrogen-bond donors (Lipinski definition) is 1. The normalized spacial score (nSPS) is 27.7. The monoisotopic (exact) mass is 330 g/mol. The largest absolute Gasteiger partial charge is 0.389 e. The summed E-state index contributed by atoms with van der Waals surface area (Å²) in [6, 6.07) is 0. The van der Waals surface area contributed by atoms with Crippen molar-refractivity contribution in [2.24, 2.45) is 0 Å². The zero-order valence-electron chi connectivity index (χ0n) is 11.9. The summed E-state index contributed by atoms with van der Waals surface area (Å²) < 4.78 is 8.39. The van der Waals surface area contributed by atoms with Crippen LogP contribution in [-0.2, 0) is 17.7 Å². The fourth-order valence-electron chi connectivity index (χ4n) is 2.89. The van der Waals surface area contributed by atoms with E-state index < -0.39 is 5.60 Å². The summed E-state index contributed by atoms with van der Waals surface area (Å²) in [5.74, 6) is 0. The molecule has 0 aromatic carbocycles. The van der Waals surface area contributed by atoms with Gasteiger partial charge in [-0.1, -0.05) is 0 Å². The molecule has 0 aliphatic heterocycles. The van der Waals surface area contributed by atoms with Crippen LogP contribution in [0.25, 0.3) is 0 Å². The smallest absolute Gasteiger partial charge is 0.0738 e. The van der Waals surface area contributed by atoms with Gasteiger partial charge in [-0.05, 0) is 55.5 Å². The van der Waals surface area contributed by atoms with Gasteiger partial charge >= 0.3 is 0 Å². The van der Waals surface area contributed by atoms with Gasteiger partial charge in [0, 0.05) is 20.1 Å². The zero-order chi connectivity index (χ0) is 14.0. The van der Waals surface area contributed by atoms with Gasteiger partial charge < -0.3 is 9.84 Å². The summed E-state index contributed by atoms with van der Waals surface area (Å²) in [6.07, 6.45) is 4.44. The van der Waals surface area contributed by atoms with E-state index in [1.807, 2.05) is 11.6 Å². The van der Waals surface area contributed by atoms with Gasteiger partial charge in [-0.15, -0.1) is 0 Å². The number of ether oxygens (including phenoxy) is 1. The van der Waals surface area contributed by atoms with E-state index in [1.165, 1.54) is 0 Å². The molecule has 1 aromatic rings. The molecule has 0 spiro atoms. The lowest BCUT2D eigenvalue weighted by molar-refractivity contribution is -0.0438. The van der Waals surface area contributed by atoms with Crippen LogP contribution < -0.4 is 0 Å². The third kappa shape index (κ3) is 3.20. The van der Waals surface area contributed by atoms with Crippen LogP contribution in [0.4, 0.5) is 0 Å². The summed E-state index contributed by atoms with van der Waals surface area (Å²) in [4.78, 5) is 0. The van der Waals surface area contributed by atoms with Crippen molar-refractivity contribution >= 4 is 15.9 Å². The predicted octanol–water partition coefficient (Wildman–Crippen LogP) is 2.84. The molecule has 1 aromatic heterocycles. The SMILES string of the molecule is CCn1nc(C)c(Br)c1CC1(O)CCC(OC)CC1. The Hall–Kier alpha value is -0.390. The molecule has 0 saturated heterocycles. The summed E-state index contributed by atoms with van der Waals surface area (Å²) in [7, 11) is 1.75. The molecule has 0 radical (unpaired) electrons. The second-order valence-corrected chi connectivity index (χ2v) is 6.29. The molecule has 0 unspecified atom stereocenters. The highest BCUT2D eigenvalue weighted by Crippen LogP contribution is 2.34. The van der Waals surface area contributed by atoms with Gasteiger partial charge in [0.1, 0.15) is 0 Å². The maximum absolute atomic E-state index is 10.8. The number of hydrogen-bond acceptors (Lipinski definition) is 3. The summed E-state index contributed by atoms with van der Waals surface area (Å²) in [5, 5.41) is 15.3. The Labute approximate surface area is 123 Å². The second kappa shape index (κ2) is 5.94. The third-order valence-electron chi connectivity index (χ3n) is 4.15. The van der Waals surface area contributed by atoms with Crippen LogP contribution >= 0.6 is 15.9 Å². The number of nitrogens with zero attached hydrogens (tertiary/aromatic N) is 2. The topological polar surface area (TPSA) is 47.3 Å². The van der Waals surface area contributed by atoms with Crippen molar-refractivity contribution in [2.75, 3.05) is 7.11 Å². The van der Waals surface area contributed by atoms with E-state index in [4.69, 9.17) is 4.74 Å². The van der Waals surface area contributed by atoms with Crippen LogP contribution in [-0.4, -0.2) is 33.7 Å². The number of aromatic nitrogens is 2. The van der Waals surface area contributed by atoms with Crippen LogP contribution in [0.1, 0.15) is 44.0 Å². The first kappa shape index (κ1) is 15.0. The van der Waals surface area contributed by atoms with Crippen molar-refractivity contribution in [1.29, 1.82) is 0 Å². The van der Waals surface area contributed by atoms with E-state index in [0.29, 0.717) is 12.5 Å². The summed E-state index contributed by atoms with van der Waals surface area (Å²) in [5.41, 5.74) is 1.49. The Kier molecular flexibility index (Phi) is 4.69. The molecule has 1 aliphatic rings. The number of halogens is 1. The second-order valence-electron chi connectivity index (χ2n) is 5.50. The molecule has 1 fully saturated rings. The van der Waals surface area contributed by atoms with E-state index in [2.05, 4.69) is 28.0 Å². The predicted molar refractivity (Wildman–Crippen MR) is 78.3 cm³/mol. The van der Waals surface area contributed by atoms with Crippen molar-refractivity contribution < 1.29 is 9.84 Å². The first-order chi connectivity index (χ1) is 8.99. The fraction of sp³-hybridized carbons (Fsp3) is 0.786. The van der Waals surface area contributed by atoms with Crippen LogP contribution in [0.3, 0.4) is 0 Å². The fourth-order valence-corrected chi connectivity index (χ4v) is 3.31. The maximum Gasteiger partial charge on any atom is 0.0738 e. The van der Waals surface area contributed by atoms with E-state index in [1.54, 1.807) is 7.11 Å². The molecule has 0 amide bonds. The van der Waals surface area contributed by atoms with E-state index in [-0.39, 0.29) is 0 Å². The Morgan fingerprint density at radius 3 is 2.63 bits per heavy atom. The van der Waals surface area contributed by atoms with Gasteiger partial charge in [0.05, 0.1) is 27.6 Å². The maximum atomic E-state index is 10.8. The number of aliphatic hydroxyl groups is 1. The Balaban J connectivity index is 2.13.